The van der Waals surface area contributed by atoms with Gasteiger partial charge in [-0.05, 0) is 0 Å². The first kappa shape index (κ1) is 30.4. The Morgan fingerprint density at radius 1 is 1.12 bits per heavy atom. The zero-order valence-corrected chi connectivity index (χ0v) is 8.81. The first-order valence-corrected chi connectivity index (χ1v) is 5.81. The molecule has 0 fully saturated rings. The molecule has 2 atom stereocenters. The third-order valence-corrected chi connectivity index (χ3v) is 0. The minimum absolute atomic E-state index is 0. The van der Waals surface area contributed by atoms with E-state index >= 15 is 0 Å². The molecule has 1 radical (unpaired) electrons. The molecule has 0 aromatic carbocycles. The summed E-state index contributed by atoms with van der Waals surface area (Å²) in [5, 5.41) is 0. The summed E-state index contributed by atoms with van der Waals surface area (Å²) in [6.07, 6.45) is 0. The molecule has 0 aromatic heterocycles. The zero-order chi connectivity index (χ0) is 3.58. The van der Waals surface area contributed by atoms with Gasteiger partial charge in [-0.15, -0.1) is 0 Å². The van der Waals surface area contributed by atoms with Gasteiger partial charge in [0, 0.05) is 38.5 Å². The number of hydrogen-bond donors (Lipinski definition) is 0. The van der Waals surface area contributed by atoms with Gasteiger partial charge in [-0.2, -0.15) is 0 Å². The van der Waals surface area contributed by atoms with Crippen LogP contribution < -0.4 is 0 Å². The van der Waals surface area contributed by atoms with Gasteiger partial charge < -0.3 is 4.46 Å². The summed E-state index contributed by atoms with van der Waals surface area (Å²) in [5.74, 6) is 0. The Labute approximate surface area is 102 Å². The molecule has 0 N–H and O–H groups in total. The fraction of sp³-hybridized carbons (Fsp3) is 0. The van der Waals surface area contributed by atoms with Crippen molar-refractivity contribution >= 4 is 60.3 Å². The van der Waals surface area contributed by atoms with E-state index in [4.69, 9.17) is 0 Å². The van der Waals surface area contributed by atoms with E-state index in [1.807, 2.05) is 0 Å². The molecule has 8 heteroatoms. The maximum absolute atomic E-state index is 9.56. The Morgan fingerprint density at radius 3 is 1.12 bits per heavy atom. The van der Waals surface area contributed by atoms with Gasteiger partial charge in [0.2, 0.25) is 0 Å². The van der Waals surface area contributed by atoms with Crippen molar-refractivity contribution in [3.8, 4) is 0 Å². The van der Waals surface area contributed by atoms with Crippen LogP contribution in [-0.4, -0.2) is 42.7 Å². The summed E-state index contributed by atoms with van der Waals surface area (Å²) < 4.78 is 9.56. The van der Waals surface area contributed by atoms with E-state index in [1.165, 1.54) is 0 Å². The first-order valence-electron chi connectivity index (χ1n) is 0.781. The number of rotatable bonds is 0. The molecule has 0 saturated heterocycles. The van der Waals surface area contributed by atoms with Gasteiger partial charge in [0.25, 0.3) is 0 Å². The molecule has 0 aliphatic rings. The molecule has 49 valence electrons. The maximum atomic E-state index is 9.56. The summed E-state index contributed by atoms with van der Waals surface area (Å²) in [7, 11) is 3.04. The monoisotopic (exact) mass is 277 g/mol. The SMILES string of the molecule is O=[Si](P)P.[AlH3].[AlH3].[Co].[Ti]. The van der Waals surface area contributed by atoms with Crippen LogP contribution in [0.25, 0.3) is 0 Å². The molecular weight excluding hydrogens is 267 g/mol. The van der Waals surface area contributed by atoms with Crippen LogP contribution >= 0.6 is 17.6 Å². The topological polar surface area (TPSA) is 17.1 Å². The van der Waals surface area contributed by atoms with Crippen LogP contribution in [-0.2, 0) is 43.0 Å². The van der Waals surface area contributed by atoms with Crippen LogP contribution in [0.5, 0.6) is 0 Å². The van der Waals surface area contributed by atoms with Gasteiger partial charge in [-0.25, -0.2) is 0 Å². The molecule has 0 saturated carbocycles. The second kappa shape index (κ2) is 22.5. The predicted octanol–water partition coefficient (Wildman–Crippen LogP) is -2.22. The summed E-state index contributed by atoms with van der Waals surface area (Å²) in [6.45, 7) is 0. The Bertz CT molecular complexity index is 43.0. The molecule has 0 spiro atoms. The Hall–Kier alpha value is 3.16. The Morgan fingerprint density at radius 2 is 1.12 bits per heavy atom. The maximum Gasteiger partial charge on any atom is 0.317 e. The van der Waals surface area contributed by atoms with Crippen LogP contribution in [0.4, 0.5) is 0 Å². The molecule has 0 aliphatic carbocycles. The summed E-state index contributed by atoms with van der Waals surface area (Å²) in [6, 6.07) is 0. The van der Waals surface area contributed by atoms with Crippen molar-refractivity contribution in [3.05, 3.63) is 0 Å². The van der Waals surface area contributed by atoms with Crippen molar-refractivity contribution in [3.63, 3.8) is 0 Å². The van der Waals surface area contributed by atoms with Gasteiger partial charge >= 0.3 is 8.02 Å². The molecule has 0 bridgehead atoms. The van der Waals surface area contributed by atoms with Crippen LogP contribution in [0.15, 0.2) is 0 Å². The van der Waals surface area contributed by atoms with E-state index < -0.39 is 8.02 Å². The first-order chi connectivity index (χ1) is 1.73. The summed E-state index contributed by atoms with van der Waals surface area (Å²) in [5.41, 5.74) is 0. The van der Waals surface area contributed by atoms with Crippen molar-refractivity contribution in [1.82, 2.24) is 0 Å². The summed E-state index contributed by atoms with van der Waals surface area (Å²) in [4.78, 5) is 0. The molecule has 0 amide bonds. The normalized spacial score (nSPS) is 3.25. The fourth-order valence-electron chi connectivity index (χ4n) is 0. The van der Waals surface area contributed by atoms with Gasteiger partial charge in [0.1, 0.15) is 0 Å². The standard InChI is InChI=1S/2Al.Co.H4OP2Si.Ti.6H/c;;;1-4(2)3;;;;;;;/h;;;2-3H2;;;;;;;. The van der Waals surface area contributed by atoms with Crippen molar-refractivity contribution in [2.75, 3.05) is 0 Å². The predicted molar refractivity (Wildman–Crippen MR) is 45.7 cm³/mol. The molecule has 0 aromatic rings. The van der Waals surface area contributed by atoms with Crippen LogP contribution in [0.1, 0.15) is 0 Å². The minimum atomic E-state index is -1.30. The van der Waals surface area contributed by atoms with Crippen molar-refractivity contribution in [2.45, 2.75) is 0 Å². The molecular formula is H10Al2CoOP2SiTi. The number of hydrogen-bond acceptors (Lipinski definition) is 1. The third kappa shape index (κ3) is 61.0. The Balaban J connectivity index is -0.00000000750. The Kier molecular flexibility index (Phi) is 85.2. The average molecular weight is 277 g/mol. The van der Waals surface area contributed by atoms with Crippen LogP contribution in [0, 0.1) is 0 Å². The molecule has 2 unspecified atom stereocenters. The largest absolute Gasteiger partial charge is 0.378 e. The molecule has 0 aliphatic heterocycles. The zero-order valence-electron chi connectivity index (χ0n) is 2.90. The second-order valence-electron chi connectivity index (χ2n) is 0.402. The fourth-order valence-corrected chi connectivity index (χ4v) is 0. The molecule has 8 heavy (non-hydrogen) atoms. The van der Waals surface area contributed by atoms with Gasteiger partial charge in [0.05, 0.1) is 0 Å². The van der Waals surface area contributed by atoms with E-state index in [-0.39, 0.29) is 73.2 Å². The van der Waals surface area contributed by atoms with E-state index in [9.17, 15) is 4.46 Å². The van der Waals surface area contributed by atoms with Crippen molar-refractivity contribution < 1.29 is 43.0 Å². The van der Waals surface area contributed by atoms with E-state index in [1.54, 1.807) is 0 Å². The van der Waals surface area contributed by atoms with Crippen LogP contribution in [0.3, 0.4) is 0 Å². The van der Waals surface area contributed by atoms with E-state index in [0.717, 1.165) is 0 Å². The van der Waals surface area contributed by atoms with Gasteiger partial charge in [-0.3, -0.25) is 0 Å². The van der Waals surface area contributed by atoms with E-state index in [0.29, 0.717) is 0 Å². The molecule has 0 rings (SSSR count). The van der Waals surface area contributed by atoms with Gasteiger partial charge in [0.15, 0.2) is 34.7 Å². The van der Waals surface area contributed by atoms with Crippen LogP contribution in [0.2, 0.25) is 0 Å². The average Bonchev–Trinajstić information content (AvgIpc) is 0.811. The molecule has 0 heterocycles. The second-order valence-corrected chi connectivity index (χ2v) is 6.62. The van der Waals surface area contributed by atoms with Crippen molar-refractivity contribution in [2.24, 2.45) is 0 Å². The quantitative estimate of drug-likeness (QED) is 0.362. The van der Waals surface area contributed by atoms with Crippen molar-refractivity contribution in [1.29, 1.82) is 0 Å². The van der Waals surface area contributed by atoms with Gasteiger partial charge in [-0.1, -0.05) is 17.6 Å². The third-order valence-electron chi connectivity index (χ3n) is 0. The summed E-state index contributed by atoms with van der Waals surface area (Å²) >= 11 is 0. The molecule has 1 nitrogen and oxygen atoms in total. The van der Waals surface area contributed by atoms with E-state index in [2.05, 4.69) is 17.6 Å². The minimum Gasteiger partial charge on any atom is -0.378 e. The smallest absolute Gasteiger partial charge is 0.317 e.